The second-order valence-corrected chi connectivity index (χ2v) is 6.75. The molecule has 0 radical (unpaired) electrons. The van der Waals surface area contributed by atoms with E-state index in [2.05, 4.69) is 20.3 Å². The Morgan fingerprint density at radius 3 is 2.55 bits per heavy atom. The van der Waals surface area contributed by atoms with Crippen LogP contribution in [0.25, 0.3) is 28.3 Å². The first-order valence-corrected chi connectivity index (χ1v) is 9.20. The van der Waals surface area contributed by atoms with Gasteiger partial charge in [-0.1, -0.05) is 0 Å². The molecule has 0 unspecified atom stereocenters. The summed E-state index contributed by atoms with van der Waals surface area (Å²) in [6.45, 7) is 0. The van der Waals surface area contributed by atoms with Gasteiger partial charge in [0.2, 0.25) is 5.91 Å². The van der Waals surface area contributed by atoms with Gasteiger partial charge in [0.15, 0.2) is 5.82 Å². The SMILES string of the molecule is O=C(CCC(F)(F)F)Nc1cc(F)cc(-c2cnc3cc(-c4ncccn4)ccn23)c1. The number of benzene rings is 1. The Bertz CT molecular complexity index is 1240. The molecule has 3 aromatic heterocycles. The monoisotopic (exact) mass is 429 g/mol. The number of nitrogens with zero attached hydrogens (tertiary/aromatic N) is 4. The summed E-state index contributed by atoms with van der Waals surface area (Å²) in [6, 6.07) is 9.04. The molecule has 0 atom stereocenters. The molecule has 4 rings (SSSR count). The Hall–Kier alpha value is -3.82. The van der Waals surface area contributed by atoms with Gasteiger partial charge in [0, 0.05) is 41.8 Å². The predicted molar refractivity (Wildman–Crippen MR) is 106 cm³/mol. The van der Waals surface area contributed by atoms with E-state index in [0.717, 1.165) is 11.6 Å². The average Bonchev–Trinajstić information content (AvgIpc) is 3.15. The maximum atomic E-state index is 14.2. The molecule has 0 saturated heterocycles. The number of fused-ring (bicyclic) bond motifs is 1. The van der Waals surface area contributed by atoms with Gasteiger partial charge in [0.25, 0.3) is 0 Å². The van der Waals surface area contributed by atoms with Crippen LogP contribution >= 0.6 is 0 Å². The van der Waals surface area contributed by atoms with Crippen molar-refractivity contribution in [2.24, 2.45) is 0 Å². The zero-order valence-corrected chi connectivity index (χ0v) is 15.9. The highest BCUT2D eigenvalue weighted by molar-refractivity contribution is 5.91. The maximum absolute atomic E-state index is 14.2. The minimum atomic E-state index is -4.44. The Kier molecular flexibility index (Phi) is 5.37. The van der Waals surface area contributed by atoms with Crippen LogP contribution in [0.1, 0.15) is 12.8 Å². The summed E-state index contributed by atoms with van der Waals surface area (Å²) in [7, 11) is 0. The molecule has 3 heterocycles. The van der Waals surface area contributed by atoms with Crippen molar-refractivity contribution in [2.75, 3.05) is 5.32 Å². The first kappa shape index (κ1) is 20.5. The molecule has 0 aliphatic rings. The summed E-state index contributed by atoms with van der Waals surface area (Å²) in [5.41, 5.74) is 2.33. The minimum Gasteiger partial charge on any atom is -0.326 e. The van der Waals surface area contributed by atoms with Crippen LogP contribution in [-0.4, -0.2) is 31.4 Å². The number of carbonyl (C=O) groups is 1. The zero-order valence-electron chi connectivity index (χ0n) is 15.9. The molecular weight excluding hydrogens is 414 g/mol. The summed E-state index contributed by atoms with van der Waals surface area (Å²) in [5, 5.41) is 2.31. The van der Waals surface area contributed by atoms with E-state index in [1.54, 1.807) is 41.2 Å². The van der Waals surface area contributed by atoms with E-state index in [1.807, 2.05) is 0 Å². The molecule has 0 bridgehead atoms. The first-order chi connectivity index (χ1) is 14.8. The van der Waals surface area contributed by atoms with E-state index in [-0.39, 0.29) is 5.69 Å². The number of hydrogen-bond donors (Lipinski definition) is 1. The number of alkyl halides is 3. The first-order valence-electron chi connectivity index (χ1n) is 9.20. The van der Waals surface area contributed by atoms with Crippen LogP contribution in [0, 0.1) is 5.82 Å². The van der Waals surface area contributed by atoms with Crippen molar-refractivity contribution in [3.63, 3.8) is 0 Å². The maximum Gasteiger partial charge on any atom is 0.389 e. The van der Waals surface area contributed by atoms with Crippen molar-refractivity contribution < 1.29 is 22.4 Å². The van der Waals surface area contributed by atoms with Crippen LogP contribution in [0.4, 0.5) is 23.2 Å². The van der Waals surface area contributed by atoms with Crippen molar-refractivity contribution in [1.82, 2.24) is 19.4 Å². The fourth-order valence-electron chi connectivity index (χ4n) is 3.07. The van der Waals surface area contributed by atoms with E-state index in [1.165, 1.54) is 18.3 Å². The van der Waals surface area contributed by atoms with E-state index < -0.39 is 30.7 Å². The number of halogens is 4. The van der Waals surface area contributed by atoms with Crippen LogP contribution < -0.4 is 5.32 Å². The fraction of sp³-hybridized carbons (Fsp3) is 0.143. The Balaban J connectivity index is 1.61. The highest BCUT2D eigenvalue weighted by Gasteiger charge is 2.28. The molecule has 6 nitrogen and oxygen atoms in total. The summed E-state index contributed by atoms with van der Waals surface area (Å²) in [5.74, 6) is -0.962. The van der Waals surface area contributed by atoms with Crippen LogP contribution in [0.2, 0.25) is 0 Å². The predicted octanol–water partition coefficient (Wildman–Crippen LogP) is 4.88. The normalized spacial score (nSPS) is 11.6. The molecule has 0 saturated carbocycles. The van der Waals surface area contributed by atoms with Gasteiger partial charge < -0.3 is 5.32 Å². The van der Waals surface area contributed by atoms with Crippen molar-refractivity contribution in [1.29, 1.82) is 0 Å². The lowest BCUT2D eigenvalue weighted by Crippen LogP contribution is -2.16. The van der Waals surface area contributed by atoms with E-state index in [9.17, 15) is 22.4 Å². The topological polar surface area (TPSA) is 72.2 Å². The summed E-state index contributed by atoms with van der Waals surface area (Å²) >= 11 is 0. The van der Waals surface area contributed by atoms with Gasteiger partial charge >= 0.3 is 6.18 Å². The van der Waals surface area contributed by atoms with Gasteiger partial charge in [-0.25, -0.2) is 19.3 Å². The molecule has 1 amide bonds. The number of anilines is 1. The number of aromatic nitrogens is 4. The number of nitrogens with one attached hydrogen (secondary N) is 1. The highest BCUT2D eigenvalue weighted by atomic mass is 19.4. The summed E-state index contributed by atoms with van der Waals surface area (Å²) in [4.78, 5) is 24.5. The molecule has 1 N–H and O–H groups in total. The molecule has 1 aromatic carbocycles. The molecule has 0 aliphatic heterocycles. The van der Waals surface area contributed by atoms with Crippen LogP contribution in [0.3, 0.4) is 0 Å². The number of pyridine rings is 1. The number of amides is 1. The van der Waals surface area contributed by atoms with Gasteiger partial charge in [0.05, 0.1) is 18.3 Å². The number of rotatable bonds is 5. The lowest BCUT2D eigenvalue weighted by molar-refractivity contribution is -0.142. The largest absolute Gasteiger partial charge is 0.389 e. The van der Waals surface area contributed by atoms with Crippen molar-refractivity contribution in [3.05, 3.63) is 67.0 Å². The van der Waals surface area contributed by atoms with Crippen molar-refractivity contribution >= 4 is 17.2 Å². The third kappa shape index (κ3) is 4.85. The molecule has 0 spiro atoms. The molecule has 158 valence electrons. The second-order valence-electron chi connectivity index (χ2n) is 6.75. The quantitative estimate of drug-likeness (QED) is 0.459. The summed E-state index contributed by atoms with van der Waals surface area (Å²) < 4.78 is 52.8. The highest BCUT2D eigenvalue weighted by Crippen LogP contribution is 2.27. The zero-order chi connectivity index (χ0) is 22.0. The molecule has 10 heteroatoms. The molecular formula is C21H15F4N5O. The van der Waals surface area contributed by atoms with Gasteiger partial charge in [-0.3, -0.25) is 9.20 Å². The van der Waals surface area contributed by atoms with E-state index >= 15 is 0 Å². The number of hydrogen-bond acceptors (Lipinski definition) is 4. The van der Waals surface area contributed by atoms with Crippen LogP contribution in [0.5, 0.6) is 0 Å². The number of carbonyl (C=O) groups excluding carboxylic acids is 1. The van der Waals surface area contributed by atoms with Gasteiger partial charge in [-0.2, -0.15) is 13.2 Å². The Labute approximate surface area is 173 Å². The number of imidazole rings is 1. The third-order valence-corrected chi connectivity index (χ3v) is 4.45. The van der Waals surface area contributed by atoms with E-state index in [4.69, 9.17) is 0 Å². The Morgan fingerprint density at radius 2 is 1.81 bits per heavy atom. The van der Waals surface area contributed by atoms with Crippen LogP contribution in [-0.2, 0) is 4.79 Å². The lowest BCUT2D eigenvalue weighted by Gasteiger charge is -2.10. The third-order valence-electron chi connectivity index (χ3n) is 4.45. The van der Waals surface area contributed by atoms with Gasteiger partial charge in [-0.15, -0.1) is 0 Å². The van der Waals surface area contributed by atoms with Crippen molar-refractivity contribution in [3.8, 4) is 22.6 Å². The van der Waals surface area contributed by atoms with Gasteiger partial charge in [0.1, 0.15) is 11.5 Å². The molecule has 0 aliphatic carbocycles. The standard InChI is InChI=1S/C21H15F4N5O/c22-15-8-14(9-16(11-15)29-19(31)2-4-21(23,24)25)17-12-28-18-10-13(3-7-30(17)18)20-26-5-1-6-27-20/h1,3,5-12H,2,4H2,(H,29,31). The van der Waals surface area contributed by atoms with E-state index in [0.29, 0.717) is 22.7 Å². The molecule has 4 aromatic rings. The van der Waals surface area contributed by atoms with Crippen molar-refractivity contribution in [2.45, 2.75) is 19.0 Å². The lowest BCUT2D eigenvalue weighted by atomic mass is 10.1. The molecule has 31 heavy (non-hydrogen) atoms. The van der Waals surface area contributed by atoms with Crippen LogP contribution in [0.15, 0.2) is 61.2 Å². The molecule has 0 fully saturated rings. The Morgan fingerprint density at radius 1 is 1.03 bits per heavy atom. The smallest absolute Gasteiger partial charge is 0.326 e. The average molecular weight is 429 g/mol. The minimum absolute atomic E-state index is 0.0615. The summed E-state index contributed by atoms with van der Waals surface area (Å²) in [6.07, 6.45) is 0.0913. The van der Waals surface area contributed by atoms with Gasteiger partial charge in [-0.05, 0) is 36.4 Å². The fourth-order valence-corrected chi connectivity index (χ4v) is 3.07. The second kappa shape index (κ2) is 8.13.